The van der Waals surface area contributed by atoms with E-state index in [1.807, 2.05) is 24.3 Å². The van der Waals surface area contributed by atoms with Crippen LogP contribution in [0.5, 0.6) is 0 Å². The minimum Gasteiger partial charge on any atom is -0.370 e. The number of rotatable bonds is 2. The summed E-state index contributed by atoms with van der Waals surface area (Å²) in [6.07, 6.45) is 3.58. The molecule has 24 heavy (non-hydrogen) atoms. The van der Waals surface area contributed by atoms with Crippen LogP contribution >= 0.6 is 0 Å². The smallest absolute Gasteiger partial charge is 0.232 e. The van der Waals surface area contributed by atoms with Gasteiger partial charge in [0.15, 0.2) is 5.96 Å². The van der Waals surface area contributed by atoms with Crippen molar-refractivity contribution >= 4 is 27.5 Å². The standard InChI is InChI=1S/C15H18N6O2S/c1-24(22,23)21-8-6-9-3-2-4-10(12(9)21)15(17)11-5-7-18-13(11)19-14(16)20-15/h2-5,7,18H,6,8,17H2,1H3,(H3,16,19,20). The predicted octanol–water partition coefficient (Wildman–Crippen LogP) is 0.0460. The summed E-state index contributed by atoms with van der Waals surface area (Å²) < 4.78 is 25.8. The van der Waals surface area contributed by atoms with Crippen molar-refractivity contribution in [2.45, 2.75) is 12.1 Å². The lowest BCUT2D eigenvalue weighted by Gasteiger charge is -2.36. The van der Waals surface area contributed by atoms with Crippen molar-refractivity contribution in [1.82, 2.24) is 10.3 Å². The second kappa shape index (κ2) is 4.74. The van der Waals surface area contributed by atoms with Crippen molar-refractivity contribution in [1.29, 1.82) is 0 Å². The Labute approximate surface area is 139 Å². The highest BCUT2D eigenvalue weighted by molar-refractivity contribution is 7.92. The number of aliphatic imine (C=N–C) groups is 1. The maximum absolute atomic E-state index is 12.2. The van der Waals surface area contributed by atoms with Gasteiger partial charge in [0, 0.05) is 23.9 Å². The Balaban J connectivity index is 1.97. The van der Waals surface area contributed by atoms with Crippen molar-refractivity contribution in [3.05, 3.63) is 47.2 Å². The largest absolute Gasteiger partial charge is 0.370 e. The number of para-hydroxylation sites is 1. The second-order valence-corrected chi connectivity index (χ2v) is 7.98. The predicted molar refractivity (Wildman–Crippen MR) is 92.5 cm³/mol. The fourth-order valence-electron chi connectivity index (χ4n) is 3.47. The molecule has 0 bridgehead atoms. The lowest BCUT2D eigenvalue weighted by Crippen LogP contribution is -2.58. The molecule has 0 saturated carbocycles. The van der Waals surface area contributed by atoms with Crippen molar-refractivity contribution in [2.24, 2.45) is 16.5 Å². The molecule has 3 heterocycles. The highest BCUT2D eigenvalue weighted by Gasteiger charge is 2.41. The van der Waals surface area contributed by atoms with Gasteiger partial charge in [0.1, 0.15) is 11.5 Å². The van der Waals surface area contributed by atoms with E-state index in [9.17, 15) is 8.42 Å². The normalized spacial score (nSPS) is 22.6. The van der Waals surface area contributed by atoms with E-state index in [2.05, 4.69) is 15.3 Å². The minimum absolute atomic E-state index is 0.175. The molecule has 8 nitrogen and oxygen atoms in total. The summed E-state index contributed by atoms with van der Waals surface area (Å²) in [6.45, 7) is 0.408. The van der Waals surface area contributed by atoms with Gasteiger partial charge in [-0.15, -0.1) is 0 Å². The summed E-state index contributed by atoms with van der Waals surface area (Å²) in [6, 6.07) is 7.44. The van der Waals surface area contributed by atoms with Crippen LogP contribution in [0, 0.1) is 0 Å². The van der Waals surface area contributed by atoms with Crippen LogP contribution in [0.15, 0.2) is 35.5 Å². The molecule has 0 spiro atoms. The fourth-order valence-corrected chi connectivity index (χ4v) is 4.44. The maximum atomic E-state index is 12.2. The Morgan fingerprint density at radius 1 is 1.29 bits per heavy atom. The van der Waals surface area contributed by atoms with Gasteiger partial charge in [0.2, 0.25) is 10.0 Å². The van der Waals surface area contributed by atoms with Gasteiger partial charge in [-0.1, -0.05) is 18.2 Å². The van der Waals surface area contributed by atoms with E-state index in [1.165, 1.54) is 10.6 Å². The van der Waals surface area contributed by atoms with Crippen LogP contribution in [-0.2, 0) is 22.1 Å². The lowest BCUT2D eigenvalue weighted by molar-refractivity contribution is 0.492. The van der Waals surface area contributed by atoms with E-state index in [1.54, 1.807) is 6.20 Å². The molecule has 1 aromatic heterocycles. The molecule has 0 saturated heterocycles. The van der Waals surface area contributed by atoms with E-state index in [0.717, 1.165) is 5.56 Å². The molecule has 2 aliphatic heterocycles. The van der Waals surface area contributed by atoms with E-state index in [4.69, 9.17) is 11.5 Å². The number of aromatic amines is 1. The van der Waals surface area contributed by atoms with Gasteiger partial charge >= 0.3 is 0 Å². The Bertz CT molecular complexity index is 964. The van der Waals surface area contributed by atoms with Crippen LogP contribution in [-0.4, -0.2) is 32.2 Å². The number of aromatic nitrogens is 1. The van der Waals surface area contributed by atoms with Crippen LogP contribution in [0.3, 0.4) is 0 Å². The molecular formula is C15H18N6O2S. The molecule has 0 aliphatic carbocycles. The van der Waals surface area contributed by atoms with Crippen molar-refractivity contribution in [2.75, 3.05) is 17.1 Å². The van der Waals surface area contributed by atoms with E-state index < -0.39 is 15.7 Å². The highest BCUT2D eigenvalue weighted by atomic mass is 32.2. The van der Waals surface area contributed by atoms with E-state index in [0.29, 0.717) is 35.6 Å². The first-order valence-electron chi connectivity index (χ1n) is 7.50. The molecule has 4 rings (SSSR count). The van der Waals surface area contributed by atoms with Gasteiger partial charge in [-0.25, -0.2) is 8.42 Å². The van der Waals surface area contributed by atoms with Crippen molar-refractivity contribution in [3.8, 4) is 0 Å². The summed E-state index contributed by atoms with van der Waals surface area (Å²) >= 11 is 0. The quantitative estimate of drug-likeness (QED) is 0.610. The third-order valence-electron chi connectivity index (χ3n) is 4.49. The number of fused-ring (bicyclic) bond motifs is 2. The average Bonchev–Trinajstić information content (AvgIpc) is 3.11. The van der Waals surface area contributed by atoms with Crippen molar-refractivity contribution in [3.63, 3.8) is 0 Å². The van der Waals surface area contributed by atoms with Gasteiger partial charge in [-0.3, -0.25) is 4.31 Å². The molecule has 1 aromatic carbocycles. The van der Waals surface area contributed by atoms with Crippen LogP contribution in [0.25, 0.3) is 0 Å². The monoisotopic (exact) mass is 346 g/mol. The Morgan fingerprint density at radius 3 is 2.83 bits per heavy atom. The van der Waals surface area contributed by atoms with Gasteiger partial charge in [-0.05, 0) is 18.1 Å². The van der Waals surface area contributed by atoms with Crippen LogP contribution in [0.2, 0.25) is 0 Å². The number of anilines is 1. The number of nitrogens with one attached hydrogen (secondary N) is 2. The summed E-state index contributed by atoms with van der Waals surface area (Å²) in [4.78, 5) is 7.21. The first kappa shape index (κ1) is 15.0. The first-order valence-corrected chi connectivity index (χ1v) is 9.35. The number of hydrogen-bond donors (Lipinski definition) is 4. The molecular weight excluding hydrogens is 328 g/mol. The fraction of sp³-hybridized carbons (Fsp3) is 0.267. The topological polar surface area (TPSA) is 130 Å². The molecule has 1 unspecified atom stereocenters. The van der Waals surface area contributed by atoms with E-state index >= 15 is 0 Å². The molecule has 0 fully saturated rings. The van der Waals surface area contributed by atoms with Gasteiger partial charge in [0.25, 0.3) is 0 Å². The number of nitrogens with two attached hydrogens (primary N) is 2. The average molecular weight is 346 g/mol. The second-order valence-electron chi connectivity index (χ2n) is 6.07. The lowest BCUT2D eigenvalue weighted by atomic mass is 9.89. The van der Waals surface area contributed by atoms with Crippen LogP contribution in [0.1, 0.15) is 16.7 Å². The number of nitrogens with zero attached hydrogens (tertiary/aromatic N) is 2. The van der Waals surface area contributed by atoms with Crippen LogP contribution in [0.4, 0.5) is 11.5 Å². The van der Waals surface area contributed by atoms with Gasteiger partial charge < -0.3 is 21.8 Å². The maximum Gasteiger partial charge on any atom is 0.232 e. The summed E-state index contributed by atoms with van der Waals surface area (Å²) in [7, 11) is -3.40. The molecule has 0 radical (unpaired) electrons. The zero-order valence-corrected chi connectivity index (χ0v) is 13.9. The zero-order valence-electron chi connectivity index (χ0n) is 13.1. The van der Waals surface area contributed by atoms with Crippen molar-refractivity contribution < 1.29 is 8.42 Å². The first-order chi connectivity index (χ1) is 11.3. The molecule has 126 valence electrons. The molecule has 2 aliphatic rings. The molecule has 1 atom stereocenters. The molecule has 2 aromatic rings. The zero-order chi connectivity index (χ0) is 17.1. The summed E-state index contributed by atoms with van der Waals surface area (Å²) in [5, 5.41) is 3.02. The van der Waals surface area contributed by atoms with Gasteiger partial charge in [-0.2, -0.15) is 4.99 Å². The Hall–Kier alpha value is -2.52. The third-order valence-corrected chi connectivity index (χ3v) is 5.65. The van der Waals surface area contributed by atoms with Gasteiger partial charge in [0.05, 0.1) is 11.9 Å². The third kappa shape index (κ3) is 2.01. The number of guanidine groups is 1. The van der Waals surface area contributed by atoms with Crippen LogP contribution < -0.4 is 21.1 Å². The Morgan fingerprint density at radius 2 is 2.08 bits per heavy atom. The van der Waals surface area contributed by atoms with E-state index in [-0.39, 0.29) is 5.96 Å². The number of H-pyrrole nitrogens is 1. The molecule has 9 heteroatoms. The minimum atomic E-state index is -3.40. The molecule has 0 amide bonds. The summed E-state index contributed by atoms with van der Waals surface area (Å²) in [5.74, 6) is 0.740. The number of hydrogen-bond acceptors (Lipinski definition) is 6. The number of sulfonamides is 1. The summed E-state index contributed by atoms with van der Waals surface area (Å²) in [5.41, 5.74) is 14.4. The molecule has 6 N–H and O–H groups in total. The number of benzene rings is 1. The Kier molecular flexibility index (Phi) is 2.97. The highest BCUT2D eigenvalue weighted by Crippen LogP contribution is 2.42. The SMILES string of the molecule is CS(=O)(=O)N1CCc2cccc(C3(N)NC(N)=Nc4[nH]ccc43)c21.